The van der Waals surface area contributed by atoms with Gasteiger partial charge in [0.1, 0.15) is 0 Å². The fraction of sp³-hybridized carbons (Fsp3) is 0.235. The molecule has 2 aromatic carbocycles. The summed E-state index contributed by atoms with van der Waals surface area (Å²) in [6, 6.07) is 15.5. The lowest BCUT2D eigenvalue weighted by atomic mass is 10.0. The van der Waals surface area contributed by atoms with Gasteiger partial charge in [-0.05, 0) is 42.7 Å². The molecule has 0 aliphatic carbocycles. The first kappa shape index (κ1) is 13.5. The van der Waals surface area contributed by atoms with Crippen LogP contribution in [-0.2, 0) is 11.2 Å². The summed E-state index contributed by atoms with van der Waals surface area (Å²) in [6.45, 7) is 1.28. The Kier molecular flexibility index (Phi) is 3.77. The Morgan fingerprint density at radius 2 is 2.05 bits per heavy atom. The zero-order valence-corrected chi connectivity index (χ0v) is 11.9. The largest absolute Gasteiger partial charge is 0.399 e. The van der Waals surface area contributed by atoms with Crippen molar-refractivity contribution in [2.45, 2.75) is 12.8 Å². The van der Waals surface area contributed by atoms with E-state index >= 15 is 0 Å². The van der Waals surface area contributed by atoms with Gasteiger partial charge in [-0.2, -0.15) is 0 Å². The lowest BCUT2D eigenvalue weighted by Crippen LogP contribution is -2.36. The highest BCUT2D eigenvalue weighted by Crippen LogP contribution is 2.26. The van der Waals surface area contributed by atoms with Gasteiger partial charge in [0.15, 0.2) is 0 Å². The first-order valence-electron chi connectivity index (χ1n) is 7.20. The Morgan fingerprint density at radius 1 is 1.19 bits per heavy atom. The Hall–Kier alpha value is -2.49. The summed E-state index contributed by atoms with van der Waals surface area (Å²) in [5, 5.41) is 2.90. The van der Waals surface area contributed by atoms with Crippen LogP contribution in [0.15, 0.2) is 48.5 Å². The second-order valence-electron chi connectivity index (χ2n) is 5.33. The zero-order chi connectivity index (χ0) is 14.7. The van der Waals surface area contributed by atoms with E-state index in [0.717, 1.165) is 25.1 Å². The van der Waals surface area contributed by atoms with E-state index in [1.54, 1.807) is 12.1 Å². The molecule has 3 rings (SSSR count). The molecule has 0 fully saturated rings. The van der Waals surface area contributed by atoms with E-state index in [1.165, 1.54) is 11.3 Å². The molecule has 1 aliphatic rings. The van der Waals surface area contributed by atoms with Crippen LogP contribution in [0.25, 0.3) is 0 Å². The molecule has 1 aliphatic heterocycles. The monoisotopic (exact) mass is 281 g/mol. The predicted octanol–water partition coefficient (Wildman–Crippen LogP) is 2.66. The van der Waals surface area contributed by atoms with E-state index in [9.17, 15) is 4.79 Å². The van der Waals surface area contributed by atoms with Crippen molar-refractivity contribution in [1.29, 1.82) is 0 Å². The van der Waals surface area contributed by atoms with E-state index in [4.69, 9.17) is 5.73 Å². The van der Waals surface area contributed by atoms with Crippen molar-refractivity contribution in [3.63, 3.8) is 0 Å². The van der Waals surface area contributed by atoms with Gasteiger partial charge in [-0.15, -0.1) is 0 Å². The van der Waals surface area contributed by atoms with Crippen molar-refractivity contribution >= 4 is 23.0 Å². The standard InChI is InChI=1S/C17H19N3O/c18-14-7-3-8-15(11-14)19-17(21)12-20-10-4-6-13-5-1-2-9-16(13)20/h1-3,5,7-9,11H,4,6,10,12,18H2,(H,19,21). The number of nitrogens with zero attached hydrogens (tertiary/aromatic N) is 1. The maximum Gasteiger partial charge on any atom is 0.243 e. The molecule has 0 bridgehead atoms. The molecular weight excluding hydrogens is 262 g/mol. The van der Waals surface area contributed by atoms with Gasteiger partial charge in [-0.25, -0.2) is 0 Å². The molecule has 1 amide bonds. The summed E-state index contributed by atoms with van der Waals surface area (Å²) >= 11 is 0. The smallest absolute Gasteiger partial charge is 0.243 e. The number of nitrogens with one attached hydrogen (secondary N) is 1. The van der Waals surface area contributed by atoms with Crippen molar-refractivity contribution in [3.8, 4) is 0 Å². The second kappa shape index (κ2) is 5.87. The van der Waals surface area contributed by atoms with E-state index in [2.05, 4.69) is 28.4 Å². The number of amides is 1. The van der Waals surface area contributed by atoms with Gasteiger partial charge in [0, 0.05) is 23.6 Å². The minimum Gasteiger partial charge on any atom is -0.399 e. The molecule has 0 aromatic heterocycles. The van der Waals surface area contributed by atoms with Crippen LogP contribution in [0.4, 0.5) is 17.1 Å². The summed E-state index contributed by atoms with van der Waals surface area (Å²) in [7, 11) is 0. The van der Waals surface area contributed by atoms with E-state index < -0.39 is 0 Å². The Balaban J connectivity index is 1.68. The van der Waals surface area contributed by atoms with Gasteiger partial charge >= 0.3 is 0 Å². The van der Waals surface area contributed by atoms with E-state index in [0.29, 0.717) is 12.2 Å². The lowest BCUT2D eigenvalue weighted by molar-refractivity contribution is -0.115. The summed E-state index contributed by atoms with van der Waals surface area (Å²) < 4.78 is 0. The number of nitrogens with two attached hydrogens (primary N) is 1. The highest BCUT2D eigenvalue weighted by molar-refractivity contribution is 5.94. The van der Waals surface area contributed by atoms with Gasteiger partial charge in [-0.3, -0.25) is 4.79 Å². The molecule has 4 heteroatoms. The normalized spacial score (nSPS) is 13.6. The number of nitrogen functional groups attached to an aromatic ring is 1. The molecular formula is C17H19N3O. The molecule has 2 aromatic rings. The maximum atomic E-state index is 12.2. The number of aryl methyl sites for hydroxylation is 1. The average molecular weight is 281 g/mol. The number of hydrogen-bond acceptors (Lipinski definition) is 3. The topological polar surface area (TPSA) is 58.4 Å². The number of rotatable bonds is 3. The number of para-hydroxylation sites is 1. The Morgan fingerprint density at radius 3 is 2.90 bits per heavy atom. The Bertz CT molecular complexity index is 654. The van der Waals surface area contributed by atoms with E-state index in [1.807, 2.05) is 18.2 Å². The maximum absolute atomic E-state index is 12.2. The first-order chi connectivity index (χ1) is 10.2. The van der Waals surface area contributed by atoms with Crippen LogP contribution in [0.1, 0.15) is 12.0 Å². The van der Waals surface area contributed by atoms with Crippen LogP contribution < -0.4 is 16.0 Å². The number of carbonyl (C=O) groups excluding carboxylic acids is 1. The molecule has 0 unspecified atom stereocenters. The van der Waals surface area contributed by atoms with Crippen LogP contribution in [-0.4, -0.2) is 19.0 Å². The summed E-state index contributed by atoms with van der Waals surface area (Å²) in [6.07, 6.45) is 2.17. The van der Waals surface area contributed by atoms with Crippen LogP contribution in [0.2, 0.25) is 0 Å². The molecule has 0 radical (unpaired) electrons. The first-order valence-corrected chi connectivity index (χ1v) is 7.20. The highest BCUT2D eigenvalue weighted by atomic mass is 16.2. The molecule has 1 heterocycles. The van der Waals surface area contributed by atoms with Crippen LogP contribution in [0.5, 0.6) is 0 Å². The summed E-state index contributed by atoms with van der Waals surface area (Å²) in [5.74, 6) is -0.0164. The minimum absolute atomic E-state index is 0.0164. The van der Waals surface area contributed by atoms with Crippen molar-refractivity contribution in [2.24, 2.45) is 0 Å². The third-order valence-corrected chi connectivity index (χ3v) is 3.71. The molecule has 0 saturated carbocycles. The van der Waals surface area contributed by atoms with Crippen LogP contribution in [0, 0.1) is 0 Å². The van der Waals surface area contributed by atoms with Gasteiger partial charge < -0.3 is 16.0 Å². The van der Waals surface area contributed by atoms with Gasteiger partial charge in [-0.1, -0.05) is 24.3 Å². The fourth-order valence-corrected chi connectivity index (χ4v) is 2.77. The number of anilines is 3. The third-order valence-electron chi connectivity index (χ3n) is 3.71. The van der Waals surface area contributed by atoms with Crippen molar-refractivity contribution < 1.29 is 4.79 Å². The van der Waals surface area contributed by atoms with E-state index in [-0.39, 0.29) is 5.91 Å². The second-order valence-corrected chi connectivity index (χ2v) is 5.33. The van der Waals surface area contributed by atoms with Gasteiger partial charge in [0.05, 0.1) is 6.54 Å². The SMILES string of the molecule is Nc1cccc(NC(=O)CN2CCCc3ccccc32)c1. The van der Waals surface area contributed by atoms with Crippen LogP contribution >= 0.6 is 0 Å². The summed E-state index contributed by atoms with van der Waals surface area (Å²) in [4.78, 5) is 14.3. The number of fused-ring (bicyclic) bond motifs is 1. The quantitative estimate of drug-likeness (QED) is 0.850. The molecule has 0 saturated heterocycles. The van der Waals surface area contributed by atoms with Gasteiger partial charge in [0.2, 0.25) is 5.91 Å². The molecule has 4 nitrogen and oxygen atoms in total. The molecule has 0 atom stereocenters. The van der Waals surface area contributed by atoms with Crippen molar-refractivity contribution in [3.05, 3.63) is 54.1 Å². The third kappa shape index (κ3) is 3.16. The molecule has 0 spiro atoms. The molecule has 108 valence electrons. The zero-order valence-electron chi connectivity index (χ0n) is 11.9. The van der Waals surface area contributed by atoms with Crippen molar-refractivity contribution in [1.82, 2.24) is 0 Å². The minimum atomic E-state index is -0.0164. The number of benzene rings is 2. The van der Waals surface area contributed by atoms with Crippen LogP contribution in [0.3, 0.4) is 0 Å². The fourth-order valence-electron chi connectivity index (χ4n) is 2.77. The number of hydrogen-bond donors (Lipinski definition) is 2. The average Bonchev–Trinajstić information content (AvgIpc) is 2.47. The lowest BCUT2D eigenvalue weighted by Gasteiger charge is -2.30. The molecule has 21 heavy (non-hydrogen) atoms. The predicted molar refractivity (Wildman–Crippen MR) is 86.5 cm³/mol. The Labute approximate surface area is 124 Å². The number of carbonyl (C=O) groups is 1. The van der Waals surface area contributed by atoms with Gasteiger partial charge in [0.25, 0.3) is 0 Å². The summed E-state index contributed by atoms with van der Waals surface area (Å²) in [5.41, 5.74) is 9.60. The molecule has 3 N–H and O–H groups in total. The highest BCUT2D eigenvalue weighted by Gasteiger charge is 2.18. The van der Waals surface area contributed by atoms with Crippen molar-refractivity contribution in [2.75, 3.05) is 29.0 Å².